The maximum atomic E-state index is 5.71. The number of ether oxygens (including phenoxy) is 8. The second kappa shape index (κ2) is 23.3. The third-order valence-corrected chi connectivity index (χ3v) is 5.30. The second-order valence-electron chi connectivity index (χ2n) is 8.41. The van der Waals surface area contributed by atoms with E-state index in [0.717, 1.165) is 5.75 Å². The van der Waals surface area contributed by atoms with Crippen molar-refractivity contribution < 1.29 is 42.3 Å². The van der Waals surface area contributed by atoms with Crippen molar-refractivity contribution in [2.24, 2.45) is 0 Å². The van der Waals surface area contributed by atoms with Crippen molar-refractivity contribution in [1.29, 1.82) is 0 Å². The first-order valence-corrected chi connectivity index (χ1v) is 15.8. The van der Waals surface area contributed by atoms with Gasteiger partial charge in [0.1, 0.15) is 12.4 Å². The third-order valence-electron chi connectivity index (χ3n) is 4.23. The van der Waals surface area contributed by atoms with Crippen molar-refractivity contribution in [2.75, 3.05) is 106 Å². The standard InChI is InChI=1S/C25H46O9Si/c1-35(2,3)34-24-22-32-20-18-30-16-14-28-12-10-26-9-11-27-13-15-29-17-19-31-21-23-33-25-7-5-4-6-8-25/h4-8H,9-24H2,1-3H3. The summed E-state index contributed by atoms with van der Waals surface area (Å²) in [6.07, 6.45) is 0. The Morgan fingerprint density at radius 3 is 1.09 bits per heavy atom. The molecule has 0 N–H and O–H groups in total. The lowest BCUT2D eigenvalue weighted by molar-refractivity contribution is -0.0219. The van der Waals surface area contributed by atoms with E-state index in [-0.39, 0.29) is 0 Å². The summed E-state index contributed by atoms with van der Waals surface area (Å²) in [5.41, 5.74) is 0. The normalized spacial score (nSPS) is 11.7. The van der Waals surface area contributed by atoms with Gasteiger partial charge < -0.3 is 42.3 Å². The van der Waals surface area contributed by atoms with Gasteiger partial charge in [0.05, 0.1) is 99.1 Å². The van der Waals surface area contributed by atoms with Crippen LogP contribution in [0.15, 0.2) is 30.3 Å². The molecular weight excluding hydrogens is 472 g/mol. The molecule has 0 amide bonds. The van der Waals surface area contributed by atoms with Crippen LogP contribution in [0.4, 0.5) is 0 Å². The van der Waals surface area contributed by atoms with Gasteiger partial charge >= 0.3 is 0 Å². The molecule has 9 nitrogen and oxygen atoms in total. The van der Waals surface area contributed by atoms with Gasteiger partial charge in [-0.15, -0.1) is 0 Å². The SMILES string of the molecule is C[Si](C)(C)OCCOCCOCCOCCOCCOCCOCCOCCOc1ccccc1. The lowest BCUT2D eigenvalue weighted by atomic mass is 10.3. The lowest BCUT2D eigenvalue weighted by Gasteiger charge is -2.16. The number of hydrogen-bond acceptors (Lipinski definition) is 9. The number of benzene rings is 1. The van der Waals surface area contributed by atoms with E-state index in [1.807, 2.05) is 30.3 Å². The smallest absolute Gasteiger partial charge is 0.183 e. The van der Waals surface area contributed by atoms with Crippen LogP contribution in [0.1, 0.15) is 0 Å². The third kappa shape index (κ3) is 24.4. The second-order valence-corrected chi connectivity index (χ2v) is 12.9. The highest BCUT2D eigenvalue weighted by Gasteiger charge is 2.12. The van der Waals surface area contributed by atoms with Gasteiger partial charge in [0.25, 0.3) is 0 Å². The predicted molar refractivity (Wildman–Crippen MR) is 137 cm³/mol. The van der Waals surface area contributed by atoms with Gasteiger partial charge in [-0.25, -0.2) is 0 Å². The Kier molecular flexibility index (Phi) is 21.3. The van der Waals surface area contributed by atoms with Crippen molar-refractivity contribution in [3.8, 4) is 5.75 Å². The van der Waals surface area contributed by atoms with Gasteiger partial charge in [-0.05, 0) is 31.8 Å². The number of hydrogen-bond donors (Lipinski definition) is 0. The summed E-state index contributed by atoms with van der Waals surface area (Å²) < 4.78 is 49.5. The minimum atomic E-state index is -1.44. The van der Waals surface area contributed by atoms with Gasteiger partial charge in [-0.3, -0.25) is 0 Å². The van der Waals surface area contributed by atoms with Crippen molar-refractivity contribution in [3.05, 3.63) is 30.3 Å². The summed E-state index contributed by atoms with van der Waals surface area (Å²) in [6, 6.07) is 9.69. The summed E-state index contributed by atoms with van der Waals surface area (Å²) in [5.74, 6) is 0.850. The van der Waals surface area contributed by atoms with Gasteiger partial charge in [0.15, 0.2) is 8.32 Å². The van der Waals surface area contributed by atoms with Crippen LogP contribution in [0.2, 0.25) is 19.6 Å². The van der Waals surface area contributed by atoms with E-state index in [2.05, 4.69) is 19.6 Å². The van der Waals surface area contributed by atoms with Crippen molar-refractivity contribution in [2.45, 2.75) is 19.6 Å². The largest absolute Gasteiger partial charge is 0.491 e. The summed E-state index contributed by atoms with van der Waals surface area (Å²) in [4.78, 5) is 0. The molecule has 0 spiro atoms. The Labute approximate surface area is 212 Å². The van der Waals surface area contributed by atoms with Gasteiger partial charge in [0.2, 0.25) is 0 Å². The van der Waals surface area contributed by atoms with Crippen molar-refractivity contribution in [1.82, 2.24) is 0 Å². The van der Waals surface area contributed by atoms with Crippen molar-refractivity contribution >= 4 is 8.32 Å². The average Bonchev–Trinajstić information content (AvgIpc) is 2.84. The van der Waals surface area contributed by atoms with Gasteiger partial charge in [0, 0.05) is 0 Å². The topological polar surface area (TPSA) is 83.1 Å². The Bertz CT molecular complexity index is 558. The maximum Gasteiger partial charge on any atom is 0.183 e. The molecule has 0 aliphatic carbocycles. The van der Waals surface area contributed by atoms with E-state index in [4.69, 9.17) is 42.3 Å². The molecule has 35 heavy (non-hydrogen) atoms. The van der Waals surface area contributed by atoms with E-state index in [9.17, 15) is 0 Å². The summed E-state index contributed by atoms with van der Waals surface area (Å²) >= 11 is 0. The molecule has 1 aromatic rings. The predicted octanol–water partition coefficient (Wildman–Crippen LogP) is 3.03. The van der Waals surface area contributed by atoms with E-state index < -0.39 is 8.32 Å². The average molecular weight is 519 g/mol. The Balaban J connectivity index is 1.65. The van der Waals surface area contributed by atoms with Crippen molar-refractivity contribution in [3.63, 3.8) is 0 Å². The Hall–Kier alpha value is -1.08. The molecule has 0 fully saturated rings. The van der Waals surface area contributed by atoms with Crippen LogP contribution >= 0.6 is 0 Å². The van der Waals surface area contributed by atoms with Crippen LogP contribution in [-0.4, -0.2) is 114 Å². The first kappa shape index (κ1) is 31.9. The lowest BCUT2D eigenvalue weighted by Crippen LogP contribution is -2.27. The monoisotopic (exact) mass is 518 g/mol. The van der Waals surface area contributed by atoms with Crippen LogP contribution in [0.5, 0.6) is 5.75 Å². The molecule has 0 heterocycles. The van der Waals surface area contributed by atoms with E-state index in [0.29, 0.717) is 106 Å². The minimum Gasteiger partial charge on any atom is -0.491 e. The first-order valence-electron chi connectivity index (χ1n) is 12.4. The molecule has 1 rings (SSSR count). The zero-order valence-electron chi connectivity index (χ0n) is 21.9. The van der Waals surface area contributed by atoms with Crippen LogP contribution < -0.4 is 4.74 Å². The first-order chi connectivity index (χ1) is 17.1. The highest BCUT2D eigenvalue weighted by molar-refractivity contribution is 6.69. The van der Waals surface area contributed by atoms with Gasteiger partial charge in [-0.1, -0.05) is 18.2 Å². The van der Waals surface area contributed by atoms with Crippen LogP contribution in [0.3, 0.4) is 0 Å². The Morgan fingerprint density at radius 2 is 0.743 bits per heavy atom. The van der Waals surface area contributed by atoms with Crippen LogP contribution in [0, 0.1) is 0 Å². The van der Waals surface area contributed by atoms with E-state index in [1.54, 1.807) is 0 Å². The molecule has 0 radical (unpaired) electrons. The summed E-state index contributed by atoms with van der Waals surface area (Å²) in [7, 11) is -1.44. The quantitative estimate of drug-likeness (QED) is 0.136. The molecular formula is C25H46O9Si. The molecule has 1 aromatic carbocycles. The molecule has 0 atom stereocenters. The van der Waals surface area contributed by atoms with Crippen LogP contribution in [-0.2, 0) is 37.6 Å². The molecule has 0 aliphatic heterocycles. The molecule has 0 aliphatic rings. The zero-order chi connectivity index (χ0) is 25.3. The van der Waals surface area contributed by atoms with Gasteiger partial charge in [-0.2, -0.15) is 0 Å². The molecule has 204 valence electrons. The number of para-hydroxylation sites is 1. The molecule has 10 heteroatoms. The summed E-state index contributed by atoms with van der Waals surface area (Å²) in [6.45, 7) is 15.3. The van der Waals surface area contributed by atoms with Crippen LogP contribution in [0.25, 0.3) is 0 Å². The Morgan fingerprint density at radius 1 is 0.429 bits per heavy atom. The molecule has 0 saturated carbocycles. The number of rotatable bonds is 26. The maximum absolute atomic E-state index is 5.71. The molecule has 0 saturated heterocycles. The minimum absolute atomic E-state index is 0.525. The zero-order valence-corrected chi connectivity index (χ0v) is 22.9. The highest BCUT2D eigenvalue weighted by Crippen LogP contribution is 2.07. The van der Waals surface area contributed by atoms with E-state index in [1.165, 1.54) is 0 Å². The molecule has 0 aromatic heterocycles. The molecule has 0 bridgehead atoms. The fourth-order valence-corrected chi connectivity index (χ4v) is 3.26. The summed E-state index contributed by atoms with van der Waals surface area (Å²) in [5, 5.41) is 0. The molecule has 0 unspecified atom stereocenters. The highest BCUT2D eigenvalue weighted by atomic mass is 28.4. The van der Waals surface area contributed by atoms with E-state index >= 15 is 0 Å². The fraction of sp³-hybridized carbons (Fsp3) is 0.760. The fourth-order valence-electron chi connectivity index (χ4n) is 2.56.